The second kappa shape index (κ2) is 4.74. The Hall–Kier alpha value is -1.61. The molecule has 1 saturated heterocycles. The third-order valence-electron chi connectivity index (χ3n) is 3.51. The second-order valence-corrected chi connectivity index (χ2v) is 4.99. The van der Waals surface area contributed by atoms with Crippen LogP contribution in [0.5, 0.6) is 0 Å². The third kappa shape index (κ3) is 1.88. The molecule has 0 aliphatic carbocycles. The number of nitrogens with zero attached hydrogens (tertiary/aromatic N) is 4. The molecule has 2 aromatic heterocycles. The minimum Gasteiger partial charge on any atom is -0.394 e. The van der Waals surface area contributed by atoms with Crippen molar-refractivity contribution < 1.29 is 20.1 Å². The van der Waals surface area contributed by atoms with Crippen LogP contribution in [0.4, 0.5) is 0 Å². The number of hydrogen-bond acceptors (Lipinski definition) is 7. The van der Waals surface area contributed by atoms with Gasteiger partial charge in [0.25, 0.3) is 5.78 Å². The highest BCUT2D eigenvalue weighted by Crippen LogP contribution is 2.32. The van der Waals surface area contributed by atoms with Crippen molar-refractivity contribution in [1.82, 2.24) is 19.6 Å². The van der Waals surface area contributed by atoms with Gasteiger partial charge in [-0.25, -0.2) is 4.98 Å². The minimum absolute atomic E-state index is 0.368. The maximum Gasteiger partial charge on any atom is 0.255 e. The molecule has 0 bridgehead atoms. The highest BCUT2D eigenvalue weighted by molar-refractivity contribution is 5.33. The molecule has 1 fully saturated rings. The molecule has 0 radical (unpaired) electrons. The van der Waals surface area contributed by atoms with Crippen LogP contribution in [-0.4, -0.2) is 59.8 Å². The van der Waals surface area contributed by atoms with E-state index in [4.69, 9.17) is 9.84 Å². The van der Waals surface area contributed by atoms with Gasteiger partial charge in [0, 0.05) is 11.4 Å². The lowest BCUT2D eigenvalue weighted by Crippen LogP contribution is -2.32. The van der Waals surface area contributed by atoms with Gasteiger partial charge < -0.3 is 20.1 Å². The van der Waals surface area contributed by atoms with E-state index in [2.05, 4.69) is 15.2 Å². The van der Waals surface area contributed by atoms with Crippen molar-refractivity contribution in [3.05, 3.63) is 23.3 Å². The largest absolute Gasteiger partial charge is 0.394 e. The van der Waals surface area contributed by atoms with E-state index < -0.39 is 24.4 Å². The predicted molar refractivity (Wildman–Crippen MR) is 67.0 cm³/mol. The van der Waals surface area contributed by atoms with E-state index in [-0.39, 0.29) is 6.61 Å². The molecule has 4 atom stereocenters. The summed E-state index contributed by atoms with van der Waals surface area (Å²) in [6, 6.07) is 1.86. The maximum atomic E-state index is 10.0. The van der Waals surface area contributed by atoms with Crippen molar-refractivity contribution in [2.45, 2.75) is 38.3 Å². The molecule has 1 aliphatic rings. The van der Waals surface area contributed by atoms with Crippen LogP contribution in [0.3, 0.4) is 0 Å². The Balaban J connectivity index is 2.07. The first-order valence-electron chi connectivity index (χ1n) is 6.34. The molecule has 8 nitrogen and oxygen atoms in total. The van der Waals surface area contributed by atoms with E-state index in [9.17, 15) is 10.2 Å². The lowest BCUT2D eigenvalue weighted by molar-refractivity contribution is -0.0256. The zero-order valence-electron chi connectivity index (χ0n) is 11.1. The summed E-state index contributed by atoms with van der Waals surface area (Å²) in [6.07, 6.45) is -4.00. The van der Waals surface area contributed by atoms with Crippen LogP contribution in [0.1, 0.15) is 23.3 Å². The van der Waals surface area contributed by atoms with Crippen LogP contribution in [0.25, 0.3) is 5.78 Å². The average molecular weight is 280 g/mol. The summed E-state index contributed by atoms with van der Waals surface area (Å²) in [6.45, 7) is 3.35. The normalized spacial score (nSPS) is 30.2. The summed E-state index contributed by atoms with van der Waals surface area (Å²) >= 11 is 0. The van der Waals surface area contributed by atoms with Gasteiger partial charge in [-0.05, 0) is 19.9 Å². The van der Waals surface area contributed by atoms with Gasteiger partial charge in [-0.15, -0.1) is 10.2 Å². The molecule has 108 valence electrons. The van der Waals surface area contributed by atoms with E-state index in [0.29, 0.717) is 11.6 Å². The summed E-state index contributed by atoms with van der Waals surface area (Å²) in [5.74, 6) is 0.780. The van der Waals surface area contributed by atoms with Gasteiger partial charge in [0.05, 0.1) is 6.61 Å². The lowest BCUT2D eigenvalue weighted by atomic mass is 10.1. The number of ether oxygens (including phenoxy) is 1. The molecule has 0 spiro atoms. The van der Waals surface area contributed by atoms with Crippen LogP contribution in [-0.2, 0) is 4.74 Å². The molecule has 0 amide bonds. The molecular weight excluding hydrogens is 264 g/mol. The smallest absolute Gasteiger partial charge is 0.255 e. The monoisotopic (exact) mass is 280 g/mol. The topological polar surface area (TPSA) is 113 Å². The van der Waals surface area contributed by atoms with E-state index >= 15 is 0 Å². The van der Waals surface area contributed by atoms with Gasteiger partial charge in [-0.1, -0.05) is 0 Å². The van der Waals surface area contributed by atoms with Crippen LogP contribution >= 0.6 is 0 Å². The Bertz CT molecular complexity index is 644. The zero-order chi connectivity index (χ0) is 14.4. The van der Waals surface area contributed by atoms with Crippen molar-refractivity contribution in [1.29, 1.82) is 0 Å². The molecule has 20 heavy (non-hydrogen) atoms. The molecule has 1 aliphatic heterocycles. The van der Waals surface area contributed by atoms with Crippen LogP contribution in [0.2, 0.25) is 0 Å². The zero-order valence-corrected chi connectivity index (χ0v) is 11.1. The van der Waals surface area contributed by atoms with Crippen molar-refractivity contribution in [3.8, 4) is 0 Å². The summed E-state index contributed by atoms with van der Waals surface area (Å²) in [5.41, 5.74) is 1.67. The molecule has 3 heterocycles. The molecule has 3 rings (SSSR count). The highest BCUT2D eigenvalue weighted by Gasteiger charge is 2.45. The van der Waals surface area contributed by atoms with Crippen LogP contribution in [0, 0.1) is 13.8 Å². The first-order chi connectivity index (χ1) is 9.52. The fourth-order valence-electron chi connectivity index (χ4n) is 2.55. The van der Waals surface area contributed by atoms with Crippen molar-refractivity contribution in [2.75, 3.05) is 6.61 Å². The number of aryl methyl sites for hydroxylation is 2. The van der Waals surface area contributed by atoms with Crippen molar-refractivity contribution in [2.24, 2.45) is 0 Å². The van der Waals surface area contributed by atoms with E-state index in [1.54, 1.807) is 4.40 Å². The van der Waals surface area contributed by atoms with E-state index in [1.165, 1.54) is 0 Å². The summed E-state index contributed by atoms with van der Waals surface area (Å²) in [4.78, 5) is 4.25. The quantitative estimate of drug-likeness (QED) is 0.639. The Labute approximate surface area is 114 Å². The molecule has 2 aromatic rings. The molecule has 8 heteroatoms. The Morgan fingerprint density at radius 3 is 2.65 bits per heavy atom. The Morgan fingerprint density at radius 1 is 1.25 bits per heavy atom. The van der Waals surface area contributed by atoms with Gasteiger partial charge in [-0.2, -0.15) is 0 Å². The van der Waals surface area contributed by atoms with Crippen molar-refractivity contribution >= 4 is 5.78 Å². The Morgan fingerprint density at radius 2 is 2.00 bits per heavy atom. The number of fused-ring (bicyclic) bond motifs is 1. The fraction of sp³-hybridized carbons (Fsp3) is 0.583. The average Bonchev–Trinajstić information content (AvgIpc) is 2.93. The fourth-order valence-corrected chi connectivity index (χ4v) is 2.55. The van der Waals surface area contributed by atoms with Gasteiger partial charge in [0.15, 0.2) is 5.82 Å². The second-order valence-electron chi connectivity index (χ2n) is 4.99. The summed E-state index contributed by atoms with van der Waals surface area (Å²) in [5, 5.41) is 36.9. The van der Waals surface area contributed by atoms with Crippen LogP contribution < -0.4 is 0 Å². The highest BCUT2D eigenvalue weighted by atomic mass is 16.6. The standard InChI is InChI=1S/C12H16N4O4/c1-5-3-6(2)16-11(14-15-12(16)13-5)10-9(19)8(18)7(4-17)20-10/h3,7-10,17-19H,4H2,1-2H3/t7-,8-,9-,10-/m1/s1. The summed E-state index contributed by atoms with van der Waals surface area (Å²) in [7, 11) is 0. The molecule has 0 saturated carbocycles. The van der Waals surface area contributed by atoms with E-state index in [0.717, 1.165) is 11.4 Å². The number of aliphatic hydroxyl groups excluding tert-OH is 3. The number of aliphatic hydroxyl groups is 3. The third-order valence-corrected chi connectivity index (χ3v) is 3.51. The number of aromatic nitrogens is 4. The summed E-state index contributed by atoms with van der Waals surface area (Å²) < 4.78 is 7.15. The molecule has 0 unspecified atom stereocenters. The number of rotatable bonds is 2. The first-order valence-corrected chi connectivity index (χ1v) is 6.34. The van der Waals surface area contributed by atoms with Crippen LogP contribution in [0.15, 0.2) is 6.07 Å². The Kier molecular flexibility index (Phi) is 3.17. The number of hydrogen-bond donors (Lipinski definition) is 3. The lowest BCUT2D eigenvalue weighted by Gasteiger charge is -2.13. The van der Waals surface area contributed by atoms with E-state index in [1.807, 2.05) is 19.9 Å². The van der Waals surface area contributed by atoms with Crippen molar-refractivity contribution in [3.63, 3.8) is 0 Å². The molecular formula is C12H16N4O4. The predicted octanol–water partition coefficient (Wildman–Crippen LogP) is -1.10. The van der Waals surface area contributed by atoms with Gasteiger partial charge in [0.2, 0.25) is 0 Å². The first kappa shape index (κ1) is 13.4. The minimum atomic E-state index is -1.17. The van der Waals surface area contributed by atoms with Gasteiger partial charge in [-0.3, -0.25) is 4.40 Å². The SMILES string of the molecule is Cc1cc(C)n2c([C@@H]3O[C@H](CO)[C@@H](O)[C@H]3O)nnc2n1. The molecule has 0 aromatic carbocycles. The van der Waals surface area contributed by atoms with Gasteiger partial charge >= 0.3 is 0 Å². The molecule has 3 N–H and O–H groups in total. The maximum absolute atomic E-state index is 10.0. The van der Waals surface area contributed by atoms with Gasteiger partial charge in [0.1, 0.15) is 24.4 Å².